The summed E-state index contributed by atoms with van der Waals surface area (Å²) in [7, 11) is 0. The van der Waals surface area contributed by atoms with Crippen molar-refractivity contribution < 1.29 is 9.53 Å². The van der Waals surface area contributed by atoms with E-state index >= 15 is 0 Å². The molecule has 158 valence electrons. The largest absolute Gasteiger partial charge is 0.465 e. The molecule has 0 atom stereocenters. The molecular formula is C23H30O3S3. The van der Waals surface area contributed by atoms with Crippen molar-refractivity contribution in [3.05, 3.63) is 39.4 Å². The van der Waals surface area contributed by atoms with Gasteiger partial charge < -0.3 is 4.74 Å². The molecule has 0 bridgehead atoms. The third-order valence-corrected chi connectivity index (χ3v) is 8.24. The maximum absolute atomic E-state index is 12.2. The van der Waals surface area contributed by atoms with Gasteiger partial charge in [0.25, 0.3) is 0 Å². The van der Waals surface area contributed by atoms with E-state index in [0.717, 1.165) is 34.6 Å². The molecule has 1 aromatic heterocycles. The lowest BCUT2D eigenvalue weighted by atomic mass is 9.91. The van der Waals surface area contributed by atoms with Gasteiger partial charge in [-0.1, -0.05) is 37.3 Å². The van der Waals surface area contributed by atoms with E-state index in [0.29, 0.717) is 12.5 Å². The lowest BCUT2D eigenvalue weighted by Gasteiger charge is -2.23. The summed E-state index contributed by atoms with van der Waals surface area (Å²) in [5.74, 6) is 3.88. The lowest BCUT2D eigenvalue weighted by Crippen LogP contribution is -2.12. The molecule has 0 N–H and O–H groups in total. The van der Waals surface area contributed by atoms with Crippen molar-refractivity contribution in [2.24, 2.45) is 5.92 Å². The molecule has 2 aromatic rings. The van der Waals surface area contributed by atoms with Gasteiger partial charge in [0, 0.05) is 21.0 Å². The zero-order chi connectivity index (χ0) is 20.6. The Balaban J connectivity index is 1.61. The van der Waals surface area contributed by atoms with E-state index in [1.165, 1.54) is 46.6 Å². The number of fused-ring (bicyclic) bond motifs is 1. The number of esters is 1. The van der Waals surface area contributed by atoms with Crippen molar-refractivity contribution >= 4 is 50.9 Å². The standard InChI is InChI=1S/C23H30O3S3/c1-16(2)23(25)26-11-4-3-5-12-28-20-15-21(24)29-19-8-6-7-18(22(19)20)17-9-13-27-14-10-17/h6-8,15-17H,3-5,9-14H2,1-2H3. The predicted molar refractivity (Wildman–Crippen MR) is 128 cm³/mol. The number of hydrogen-bond acceptors (Lipinski definition) is 6. The van der Waals surface area contributed by atoms with E-state index in [1.807, 2.05) is 31.7 Å². The van der Waals surface area contributed by atoms with Gasteiger partial charge in [0.2, 0.25) is 4.74 Å². The number of carbonyl (C=O) groups excluding carboxylic acids is 1. The molecule has 0 amide bonds. The Labute approximate surface area is 186 Å². The number of thioether (sulfide) groups is 2. The first-order valence-electron chi connectivity index (χ1n) is 10.5. The second-order valence-corrected chi connectivity index (χ2v) is 11.2. The van der Waals surface area contributed by atoms with Crippen LogP contribution in [0.4, 0.5) is 0 Å². The van der Waals surface area contributed by atoms with Gasteiger partial charge in [-0.05, 0) is 66.9 Å². The molecule has 0 radical (unpaired) electrons. The Morgan fingerprint density at radius 1 is 1.21 bits per heavy atom. The number of ether oxygens (including phenoxy) is 1. The van der Waals surface area contributed by atoms with Gasteiger partial charge in [0.15, 0.2) is 0 Å². The maximum Gasteiger partial charge on any atom is 0.308 e. The molecule has 29 heavy (non-hydrogen) atoms. The van der Waals surface area contributed by atoms with Crippen LogP contribution in [0.15, 0.2) is 34.0 Å². The van der Waals surface area contributed by atoms with Gasteiger partial charge in [-0.2, -0.15) is 11.8 Å². The summed E-state index contributed by atoms with van der Waals surface area (Å²) in [5.41, 5.74) is 1.43. The monoisotopic (exact) mass is 450 g/mol. The average Bonchev–Trinajstić information content (AvgIpc) is 2.72. The van der Waals surface area contributed by atoms with E-state index in [-0.39, 0.29) is 16.6 Å². The highest BCUT2D eigenvalue weighted by Gasteiger charge is 2.20. The number of hydrogen-bond donors (Lipinski definition) is 0. The minimum absolute atomic E-state index is 0.0591. The van der Waals surface area contributed by atoms with Crippen molar-refractivity contribution in [1.29, 1.82) is 0 Å². The SMILES string of the molecule is CC(C)C(=O)OCCCCCSc1cc(=O)sc2cccc(C3CCSCC3)c12. The van der Waals surface area contributed by atoms with Crippen LogP contribution in [0.3, 0.4) is 0 Å². The summed E-state index contributed by atoms with van der Waals surface area (Å²) in [6.07, 6.45) is 5.44. The minimum Gasteiger partial charge on any atom is -0.465 e. The molecule has 1 aliphatic rings. The van der Waals surface area contributed by atoms with E-state index in [2.05, 4.69) is 18.2 Å². The molecule has 1 fully saturated rings. The van der Waals surface area contributed by atoms with Gasteiger partial charge in [-0.25, -0.2) is 0 Å². The third kappa shape index (κ3) is 6.50. The van der Waals surface area contributed by atoms with Gasteiger partial charge in [0.1, 0.15) is 0 Å². The van der Waals surface area contributed by atoms with Crippen LogP contribution in [0.25, 0.3) is 10.1 Å². The second kappa shape index (κ2) is 11.4. The summed E-state index contributed by atoms with van der Waals surface area (Å²) in [6, 6.07) is 8.31. The van der Waals surface area contributed by atoms with Crippen LogP contribution in [0, 0.1) is 5.92 Å². The molecule has 1 aliphatic heterocycles. The molecular weight excluding hydrogens is 420 g/mol. The Morgan fingerprint density at radius 2 is 2.00 bits per heavy atom. The summed E-state index contributed by atoms with van der Waals surface area (Å²) >= 11 is 5.22. The second-order valence-electron chi connectivity index (χ2n) is 7.77. The number of rotatable bonds is 9. The third-order valence-electron chi connectivity index (χ3n) is 5.19. The van der Waals surface area contributed by atoms with E-state index in [9.17, 15) is 9.59 Å². The Morgan fingerprint density at radius 3 is 2.76 bits per heavy atom. The molecule has 1 saturated heterocycles. The van der Waals surface area contributed by atoms with Crippen LogP contribution in [0.5, 0.6) is 0 Å². The summed E-state index contributed by atoms with van der Waals surface area (Å²) in [5, 5.41) is 1.31. The van der Waals surface area contributed by atoms with Crippen LogP contribution in [-0.4, -0.2) is 29.8 Å². The van der Waals surface area contributed by atoms with E-state index < -0.39 is 0 Å². The molecule has 0 saturated carbocycles. The van der Waals surface area contributed by atoms with Crippen molar-refractivity contribution in [2.75, 3.05) is 23.9 Å². The zero-order valence-electron chi connectivity index (χ0n) is 17.3. The molecule has 2 heterocycles. The van der Waals surface area contributed by atoms with Gasteiger partial charge in [-0.3, -0.25) is 9.59 Å². The summed E-state index contributed by atoms with van der Waals surface area (Å²) in [4.78, 5) is 24.9. The first-order valence-corrected chi connectivity index (χ1v) is 13.5. The summed E-state index contributed by atoms with van der Waals surface area (Å²) < 4.78 is 6.49. The van der Waals surface area contributed by atoms with Crippen LogP contribution >= 0.6 is 34.9 Å². The number of unbranched alkanes of at least 4 members (excludes halogenated alkanes) is 2. The highest BCUT2D eigenvalue weighted by molar-refractivity contribution is 7.99. The normalized spacial score (nSPS) is 15.1. The molecule has 6 heteroatoms. The smallest absolute Gasteiger partial charge is 0.308 e. The fraction of sp³-hybridized carbons (Fsp3) is 0.565. The Hall–Kier alpha value is -0.980. The number of benzene rings is 1. The topological polar surface area (TPSA) is 43.4 Å². The average molecular weight is 451 g/mol. The highest BCUT2D eigenvalue weighted by Crippen LogP contribution is 2.39. The minimum atomic E-state index is -0.118. The van der Waals surface area contributed by atoms with Gasteiger partial charge in [0.05, 0.1) is 12.5 Å². The van der Waals surface area contributed by atoms with Crippen molar-refractivity contribution in [3.8, 4) is 0 Å². The van der Waals surface area contributed by atoms with E-state index in [4.69, 9.17) is 4.74 Å². The van der Waals surface area contributed by atoms with Crippen molar-refractivity contribution in [1.82, 2.24) is 0 Å². The first kappa shape index (κ1) is 22.7. The van der Waals surface area contributed by atoms with Crippen LogP contribution in [-0.2, 0) is 9.53 Å². The maximum atomic E-state index is 12.2. The molecule has 0 unspecified atom stereocenters. The Kier molecular flexibility index (Phi) is 8.94. The summed E-state index contributed by atoms with van der Waals surface area (Å²) in [6.45, 7) is 4.22. The predicted octanol–water partition coefficient (Wildman–Crippen LogP) is 6.33. The zero-order valence-corrected chi connectivity index (χ0v) is 19.7. The molecule has 0 spiro atoms. The van der Waals surface area contributed by atoms with Crippen LogP contribution in [0.1, 0.15) is 57.4 Å². The quantitative estimate of drug-likeness (QED) is 0.254. The van der Waals surface area contributed by atoms with E-state index in [1.54, 1.807) is 11.8 Å². The fourth-order valence-electron chi connectivity index (χ4n) is 3.58. The highest BCUT2D eigenvalue weighted by atomic mass is 32.2. The van der Waals surface area contributed by atoms with Crippen molar-refractivity contribution in [3.63, 3.8) is 0 Å². The number of carbonyl (C=O) groups is 1. The fourth-order valence-corrected chi connectivity index (χ4v) is 6.83. The van der Waals surface area contributed by atoms with Crippen LogP contribution in [0.2, 0.25) is 0 Å². The molecule has 1 aromatic carbocycles. The molecule has 0 aliphatic carbocycles. The molecule has 3 rings (SSSR count). The van der Waals surface area contributed by atoms with Crippen LogP contribution < -0.4 is 4.74 Å². The van der Waals surface area contributed by atoms with Crippen molar-refractivity contribution in [2.45, 2.75) is 56.8 Å². The van der Waals surface area contributed by atoms with Gasteiger partial charge in [-0.15, -0.1) is 11.8 Å². The van der Waals surface area contributed by atoms with Gasteiger partial charge >= 0.3 is 5.97 Å². The lowest BCUT2D eigenvalue weighted by molar-refractivity contribution is -0.147. The molecule has 3 nitrogen and oxygen atoms in total. The Bertz CT molecular complexity index is 869. The first-order chi connectivity index (χ1) is 14.1.